The summed E-state index contributed by atoms with van der Waals surface area (Å²) >= 11 is 0. The lowest BCUT2D eigenvalue weighted by atomic mass is 10.00. The zero-order valence-electron chi connectivity index (χ0n) is 44.9. The number of likely N-dealkylation sites (tertiary alicyclic amines) is 1. The van der Waals surface area contributed by atoms with Crippen molar-refractivity contribution in [2.45, 2.75) is 65.3 Å². The van der Waals surface area contributed by atoms with Crippen molar-refractivity contribution in [3.05, 3.63) is 181 Å². The monoisotopic (exact) mass is 1090 g/mol. The number of fused-ring (bicyclic) bond motifs is 2. The Bertz CT molecular complexity index is 3880. The van der Waals surface area contributed by atoms with E-state index in [9.17, 15) is 13.6 Å². The molecule has 6 aromatic heterocycles. The smallest absolute Gasteiger partial charge is 0.410 e. The highest BCUT2D eigenvalue weighted by Crippen LogP contribution is 2.38. The number of anilines is 2. The molecular formula is C59H56F2N14O6. The van der Waals surface area contributed by atoms with Gasteiger partial charge in [-0.25, -0.2) is 53.4 Å². The summed E-state index contributed by atoms with van der Waals surface area (Å²) in [5.74, 6) is 5.55. The summed E-state index contributed by atoms with van der Waals surface area (Å²) in [6.45, 7) is 12.3. The number of amides is 1. The number of ether oxygens (including phenoxy) is 5. The lowest BCUT2D eigenvalue weighted by Crippen LogP contribution is -2.50. The predicted octanol–water partition coefficient (Wildman–Crippen LogP) is 10.2. The Hall–Kier alpha value is -9.83. The molecule has 8 heterocycles. The molecule has 10 aromatic rings. The standard InChI is InChI=1S/C32H32FN7O4.C27H24FN7O2/c1-19-36-14-20(15-37-19)18-42-25-11-23(33)12-26(13-25)43-24-7-5-21(6-8-24)27-28-29(34)35-9-10-40(28)30(38-27)22-16-39(17-22)31(41)44-32(2,3)4;1-16-32-11-17(12-33-16)15-36-22-8-20(28)9-23(10-22)37-21-4-2-18(3-5-21)24-25-26(29)31-6-7-35(25)27(34-24)19-13-30-14-19/h5-15,22H,16-18H2,1-4H3,(H2,34,35);2-12,19,30H,13-15H2,1H3,(H2,29,31). The number of nitrogens with one attached hydrogen (secondary N) is 1. The number of hydrogen-bond donors (Lipinski definition) is 3. The Morgan fingerprint density at radius 2 is 1.01 bits per heavy atom. The molecular weight excluding hydrogens is 1040 g/mol. The number of carbonyl (C=O) groups excluding carboxylic acids is 1. The maximum Gasteiger partial charge on any atom is 0.410 e. The third kappa shape index (κ3) is 12.2. The molecule has 2 fully saturated rings. The minimum Gasteiger partial charge on any atom is -0.489 e. The second-order valence-electron chi connectivity index (χ2n) is 20.5. The van der Waals surface area contributed by atoms with Gasteiger partial charge in [0.15, 0.2) is 0 Å². The van der Waals surface area contributed by atoms with Gasteiger partial charge in [0.2, 0.25) is 0 Å². The number of halogens is 2. The molecule has 0 aliphatic carbocycles. The number of hydrogen-bond acceptors (Lipinski definition) is 17. The summed E-state index contributed by atoms with van der Waals surface area (Å²) in [7, 11) is 0. The highest BCUT2D eigenvalue weighted by atomic mass is 19.1. The molecule has 2 saturated heterocycles. The second kappa shape index (κ2) is 22.5. The largest absolute Gasteiger partial charge is 0.489 e. The lowest BCUT2D eigenvalue weighted by Gasteiger charge is -2.39. The van der Waals surface area contributed by atoms with Crippen LogP contribution >= 0.6 is 0 Å². The molecule has 0 spiro atoms. The third-order valence-corrected chi connectivity index (χ3v) is 13.2. The molecule has 1 amide bonds. The van der Waals surface area contributed by atoms with Crippen LogP contribution < -0.4 is 35.7 Å². The number of imidazole rings is 2. The van der Waals surface area contributed by atoms with Gasteiger partial charge >= 0.3 is 6.09 Å². The number of rotatable bonds is 14. The van der Waals surface area contributed by atoms with Crippen molar-refractivity contribution in [3.63, 3.8) is 0 Å². The highest BCUT2D eigenvalue weighted by molar-refractivity contribution is 5.86. The van der Waals surface area contributed by atoms with Crippen molar-refractivity contribution >= 4 is 28.8 Å². The van der Waals surface area contributed by atoms with E-state index in [0.29, 0.717) is 82.3 Å². The number of carbonyl (C=O) groups is 1. The molecule has 0 saturated carbocycles. The van der Waals surface area contributed by atoms with Crippen LogP contribution in [-0.4, -0.2) is 91.4 Å². The minimum absolute atomic E-state index is 0.0103. The van der Waals surface area contributed by atoms with Gasteiger partial charge in [-0.15, -0.1) is 0 Å². The molecule has 0 unspecified atom stereocenters. The summed E-state index contributed by atoms with van der Waals surface area (Å²) in [5.41, 5.74) is 18.1. The maximum absolute atomic E-state index is 14.4. The first-order chi connectivity index (χ1) is 39.0. The van der Waals surface area contributed by atoms with Crippen LogP contribution in [0.2, 0.25) is 0 Å². The molecule has 0 bridgehead atoms. The van der Waals surface area contributed by atoms with E-state index in [1.807, 2.05) is 85.3 Å². The number of nitrogens with two attached hydrogens (primary N) is 2. The van der Waals surface area contributed by atoms with Crippen molar-refractivity contribution in [2.75, 3.05) is 37.6 Å². The van der Waals surface area contributed by atoms with E-state index < -0.39 is 17.2 Å². The SMILES string of the molecule is Cc1ncc(COc2cc(F)cc(Oc3ccc(-c4nc(C5CN(C(=O)OC(C)(C)C)C5)n5ccnc(N)c45)cc3)c2)cn1.Cc1ncc(COc2cc(F)cc(Oc3ccc(-c4nc(C5CNC5)n5ccnc(N)c45)cc3)c2)cn1. The van der Waals surface area contributed by atoms with Crippen molar-refractivity contribution < 1.29 is 37.3 Å². The Labute approximate surface area is 463 Å². The molecule has 0 atom stereocenters. The average Bonchev–Trinajstić information content (AvgIpc) is 3.51. The van der Waals surface area contributed by atoms with Gasteiger partial charge in [-0.3, -0.25) is 8.80 Å². The van der Waals surface area contributed by atoms with E-state index in [2.05, 4.69) is 35.2 Å². The van der Waals surface area contributed by atoms with Gasteiger partial charge in [-0.2, -0.15) is 0 Å². The normalized spacial score (nSPS) is 13.5. The fraction of sp³-hybridized carbons (Fsp3) is 0.237. The molecule has 412 valence electrons. The molecule has 12 rings (SSSR count). The van der Waals surface area contributed by atoms with Gasteiger partial charge in [-0.05, 0) is 83.1 Å². The summed E-state index contributed by atoms with van der Waals surface area (Å²) in [6, 6.07) is 23.1. The number of aryl methyl sites for hydroxylation is 2. The number of nitrogens with zero attached hydrogens (tertiary/aromatic N) is 11. The van der Waals surface area contributed by atoms with Gasteiger partial charge in [0.05, 0.1) is 5.92 Å². The van der Waals surface area contributed by atoms with Gasteiger partial charge in [-0.1, -0.05) is 0 Å². The molecule has 22 heteroatoms. The summed E-state index contributed by atoms with van der Waals surface area (Å²) in [4.78, 5) is 49.1. The van der Waals surface area contributed by atoms with Gasteiger partial charge in [0.25, 0.3) is 0 Å². The molecule has 2 aliphatic heterocycles. The third-order valence-electron chi connectivity index (χ3n) is 13.2. The van der Waals surface area contributed by atoms with Crippen LogP contribution in [0.15, 0.2) is 135 Å². The summed E-state index contributed by atoms with van der Waals surface area (Å²) in [5, 5.41) is 3.29. The Morgan fingerprint density at radius 3 is 1.42 bits per heavy atom. The zero-order valence-corrected chi connectivity index (χ0v) is 44.9. The fourth-order valence-corrected chi connectivity index (χ4v) is 9.05. The highest BCUT2D eigenvalue weighted by Gasteiger charge is 2.38. The summed E-state index contributed by atoms with van der Waals surface area (Å²) < 4.78 is 61.4. The number of benzene rings is 4. The van der Waals surface area contributed by atoms with E-state index in [4.69, 9.17) is 45.1 Å². The minimum atomic E-state index is -0.562. The molecule has 4 aromatic carbocycles. The van der Waals surface area contributed by atoms with Crippen molar-refractivity contribution in [1.82, 2.24) is 58.9 Å². The van der Waals surface area contributed by atoms with Crippen molar-refractivity contribution in [3.8, 4) is 57.0 Å². The molecule has 20 nitrogen and oxygen atoms in total. The van der Waals surface area contributed by atoms with Crippen LogP contribution in [0.25, 0.3) is 33.5 Å². The molecule has 0 radical (unpaired) electrons. The number of aromatic nitrogens is 10. The quantitative estimate of drug-likeness (QED) is 0.0917. The first-order valence-electron chi connectivity index (χ1n) is 26.0. The van der Waals surface area contributed by atoms with E-state index in [1.165, 1.54) is 24.3 Å². The van der Waals surface area contributed by atoms with E-state index in [1.54, 1.807) is 73.3 Å². The fourth-order valence-electron chi connectivity index (χ4n) is 9.05. The topological polar surface area (TPSA) is 242 Å². The maximum atomic E-state index is 14.4. The van der Waals surface area contributed by atoms with Gasteiger partial charge in [0.1, 0.15) is 122 Å². The Kier molecular flexibility index (Phi) is 14.8. The van der Waals surface area contributed by atoms with Crippen LogP contribution in [0.1, 0.15) is 67.0 Å². The van der Waals surface area contributed by atoms with Crippen molar-refractivity contribution in [2.24, 2.45) is 0 Å². The predicted molar refractivity (Wildman–Crippen MR) is 297 cm³/mol. The number of nitrogen functional groups attached to an aromatic ring is 2. The lowest BCUT2D eigenvalue weighted by molar-refractivity contribution is 0.00747. The molecule has 81 heavy (non-hydrogen) atoms. The van der Waals surface area contributed by atoms with Gasteiger partial charge < -0.3 is 45.4 Å². The van der Waals surface area contributed by atoms with Gasteiger partial charge in [0, 0.05) is 140 Å². The van der Waals surface area contributed by atoms with Crippen LogP contribution in [-0.2, 0) is 18.0 Å². The second-order valence-corrected chi connectivity index (χ2v) is 20.5. The van der Waals surface area contributed by atoms with E-state index in [-0.39, 0.29) is 31.0 Å². The summed E-state index contributed by atoms with van der Waals surface area (Å²) in [6.07, 6.45) is 13.4. The molecule has 5 N–H and O–H groups in total. The first-order valence-corrected chi connectivity index (χ1v) is 26.0. The zero-order chi connectivity index (χ0) is 56.4. The van der Waals surface area contributed by atoms with Crippen LogP contribution in [0.3, 0.4) is 0 Å². The Morgan fingerprint density at radius 1 is 0.593 bits per heavy atom. The average molecular weight is 1100 g/mol. The van der Waals surface area contributed by atoms with E-state index in [0.717, 1.165) is 58.2 Å². The van der Waals surface area contributed by atoms with Crippen LogP contribution in [0, 0.1) is 25.5 Å². The molecule has 2 aliphatic rings. The van der Waals surface area contributed by atoms with Crippen LogP contribution in [0.5, 0.6) is 34.5 Å². The van der Waals surface area contributed by atoms with Crippen LogP contribution in [0.4, 0.5) is 25.2 Å². The first kappa shape index (κ1) is 53.2. The van der Waals surface area contributed by atoms with Crippen molar-refractivity contribution in [1.29, 1.82) is 0 Å². The van der Waals surface area contributed by atoms with E-state index >= 15 is 0 Å². The Balaban J connectivity index is 0.000000173.